The van der Waals surface area contributed by atoms with Crippen molar-refractivity contribution in [2.24, 2.45) is 0 Å². The monoisotopic (exact) mass is 290 g/mol. The van der Waals surface area contributed by atoms with Gasteiger partial charge < -0.3 is 10.4 Å². The van der Waals surface area contributed by atoms with Crippen LogP contribution >= 0.6 is 11.6 Å². The van der Waals surface area contributed by atoms with Gasteiger partial charge in [-0.2, -0.15) is 0 Å². The molecule has 1 aromatic carbocycles. The van der Waals surface area contributed by atoms with Crippen molar-refractivity contribution in [1.29, 1.82) is 0 Å². The number of carboxylic acids is 1. The molecule has 0 radical (unpaired) electrons. The molecule has 4 nitrogen and oxygen atoms in total. The highest BCUT2D eigenvalue weighted by Gasteiger charge is 2.12. The number of aromatic nitrogens is 1. The van der Waals surface area contributed by atoms with Crippen LogP contribution in [0.25, 0.3) is 0 Å². The van der Waals surface area contributed by atoms with Crippen molar-refractivity contribution in [3.05, 3.63) is 52.7 Å². The molecule has 1 aromatic heterocycles. The zero-order chi connectivity index (χ0) is 14.7. The molecule has 0 unspecified atom stereocenters. The molecule has 0 bridgehead atoms. The first-order valence-corrected chi connectivity index (χ1v) is 6.62. The van der Waals surface area contributed by atoms with Gasteiger partial charge in [0.15, 0.2) is 5.69 Å². The highest BCUT2D eigenvalue weighted by Crippen LogP contribution is 2.27. The van der Waals surface area contributed by atoms with Gasteiger partial charge in [-0.15, -0.1) is 0 Å². The predicted octanol–water partition coefficient (Wildman–Crippen LogP) is 4.30. The SMILES string of the molecule is CC(C)c1ccccc1Nc1ccc(Cl)c(C(=O)O)n1. The Morgan fingerprint density at radius 1 is 1.25 bits per heavy atom. The average Bonchev–Trinajstić information content (AvgIpc) is 2.41. The summed E-state index contributed by atoms with van der Waals surface area (Å²) in [5, 5.41) is 12.3. The third-order valence-electron chi connectivity index (χ3n) is 2.89. The molecule has 0 fully saturated rings. The Hall–Kier alpha value is -2.07. The van der Waals surface area contributed by atoms with Crippen molar-refractivity contribution in [2.45, 2.75) is 19.8 Å². The smallest absolute Gasteiger partial charge is 0.356 e. The van der Waals surface area contributed by atoms with Crippen LogP contribution in [0.2, 0.25) is 5.02 Å². The highest BCUT2D eigenvalue weighted by molar-refractivity contribution is 6.33. The molecule has 2 rings (SSSR count). The van der Waals surface area contributed by atoms with Gasteiger partial charge in [0.1, 0.15) is 5.82 Å². The van der Waals surface area contributed by atoms with Crippen LogP contribution in [0.5, 0.6) is 0 Å². The number of benzene rings is 1. The van der Waals surface area contributed by atoms with Gasteiger partial charge in [-0.3, -0.25) is 0 Å². The van der Waals surface area contributed by atoms with E-state index in [4.69, 9.17) is 16.7 Å². The van der Waals surface area contributed by atoms with E-state index in [9.17, 15) is 4.79 Å². The minimum absolute atomic E-state index is 0.125. The average molecular weight is 291 g/mol. The third-order valence-corrected chi connectivity index (χ3v) is 3.20. The van der Waals surface area contributed by atoms with Crippen molar-refractivity contribution in [3.63, 3.8) is 0 Å². The largest absolute Gasteiger partial charge is 0.476 e. The zero-order valence-electron chi connectivity index (χ0n) is 11.2. The van der Waals surface area contributed by atoms with Crippen LogP contribution in [-0.2, 0) is 0 Å². The second kappa shape index (κ2) is 5.92. The Morgan fingerprint density at radius 3 is 2.60 bits per heavy atom. The van der Waals surface area contributed by atoms with E-state index in [1.54, 1.807) is 6.07 Å². The fourth-order valence-electron chi connectivity index (χ4n) is 1.91. The maximum Gasteiger partial charge on any atom is 0.356 e. The molecule has 0 saturated heterocycles. The number of carboxylic acid groups (broad SMARTS) is 1. The first-order valence-electron chi connectivity index (χ1n) is 6.25. The molecule has 2 aromatic rings. The Kier molecular flexibility index (Phi) is 4.25. The van der Waals surface area contributed by atoms with Crippen molar-refractivity contribution in [3.8, 4) is 0 Å². The van der Waals surface area contributed by atoms with E-state index in [2.05, 4.69) is 24.1 Å². The lowest BCUT2D eigenvalue weighted by molar-refractivity contribution is 0.0691. The van der Waals surface area contributed by atoms with Crippen molar-refractivity contribution in [1.82, 2.24) is 4.98 Å². The molecule has 5 heteroatoms. The summed E-state index contributed by atoms with van der Waals surface area (Å²) in [5.41, 5.74) is 1.90. The van der Waals surface area contributed by atoms with Gasteiger partial charge in [-0.25, -0.2) is 9.78 Å². The topological polar surface area (TPSA) is 62.2 Å². The highest BCUT2D eigenvalue weighted by atomic mass is 35.5. The number of aromatic carboxylic acids is 1. The molecule has 20 heavy (non-hydrogen) atoms. The summed E-state index contributed by atoms with van der Waals surface area (Å²) in [7, 11) is 0. The van der Waals surface area contributed by atoms with Crippen LogP contribution in [0.3, 0.4) is 0 Å². The second-order valence-electron chi connectivity index (χ2n) is 4.70. The second-order valence-corrected chi connectivity index (χ2v) is 5.11. The molecule has 104 valence electrons. The van der Waals surface area contributed by atoms with E-state index in [1.165, 1.54) is 6.07 Å². The Labute approximate surface area is 122 Å². The first-order chi connectivity index (χ1) is 9.49. The van der Waals surface area contributed by atoms with E-state index in [0.29, 0.717) is 11.7 Å². The van der Waals surface area contributed by atoms with Gasteiger partial charge in [-0.1, -0.05) is 43.6 Å². The number of nitrogens with one attached hydrogen (secondary N) is 1. The number of carbonyl (C=O) groups is 1. The summed E-state index contributed by atoms with van der Waals surface area (Å²) in [4.78, 5) is 15.1. The lowest BCUT2D eigenvalue weighted by Crippen LogP contribution is -2.05. The van der Waals surface area contributed by atoms with Crippen LogP contribution in [-0.4, -0.2) is 16.1 Å². The Bertz CT molecular complexity index is 642. The van der Waals surface area contributed by atoms with Crippen LogP contribution in [0.4, 0.5) is 11.5 Å². The number of hydrogen-bond acceptors (Lipinski definition) is 3. The zero-order valence-corrected chi connectivity index (χ0v) is 12.0. The van der Waals surface area contributed by atoms with Crippen molar-refractivity contribution in [2.75, 3.05) is 5.32 Å². The lowest BCUT2D eigenvalue weighted by Gasteiger charge is -2.14. The van der Waals surface area contributed by atoms with Gasteiger partial charge >= 0.3 is 5.97 Å². The van der Waals surface area contributed by atoms with Crippen LogP contribution in [0, 0.1) is 0 Å². The lowest BCUT2D eigenvalue weighted by atomic mass is 10.0. The predicted molar refractivity (Wildman–Crippen MR) is 80.0 cm³/mol. The molecule has 0 aliphatic carbocycles. The summed E-state index contributed by atoms with van der Waals surface area (Å²) in [6, 6.07) is 11.0. The van der Waals surface area contributed by atoms with Gasteiger partial charge in [0.25, 0.3) is 0 Å². The third kappa shape index (κ3) is 3.08. The standard InChI is InChI=1S/C15H15ClN2O2/c1-9(2)10-5-3-4-6-12(10)17-13-8-7-11(16)14(18-13)15(19)20/h3-9H,1-2H3,(H,17,18)(H,19,20). The fourth-order valence-corrected chi connectivity index (χ4v) is 2.10. The van der Waals surface area contributed by atoms with Crippen molar-refractivity contribution < 1.29 is 9.90 Å². The van der Waals surface area contributed by atoms with Crippen LogP contribution < -0.4 is 5.32 Å². The molecule has 0 aliphatic rings. The van der Waals surface area contributed by atoms with Crippen LogP contribution in [0.15, 0.2) is 36.4 Å². The number of pyridine rings is 1. The van der Waals surface area contributed by atoms with E-state index < -0.39 is 5.97 Å². The maximum atomic E-state index is 11.0. The van der Waals surface area contributed by atoms with Gasteiger partial charge in [-0.05, 0) is 29.7 Å². The molecular formula is C15H15ClN2O2. The number of rotatable bonds is 4. The molecule has 0 atom stereocenters. The minimum atomic E-state index is -1.14. The first kappa shape index (κ1) is 14.3. The fraction of sp³-hybridized carbons (Fsp3) is 0.200. The quantitative estimate of drug-likeness (QED) is 0.881. The normalized spacial score (nSPS) is 10.6. The van der Waals surface area contributed by atoms with E-state index in [-0.39, 0.29) is 10.7 Å². The molecule has 1 heterocycles. The van der Waals surface area contributed by atoms with E-state index >= 15 is 0 Å². The molecule has 0 spiro atoms. The number of halogens is 1. The van der Waals surface area contributed by atoms with Gasteiger partial charge in [0.2, 0.25) is 0 Å². The van der Waals surface area contributed by atoms with E-state index in [0.717, 1.165) is 11.3 Å². The molecule has 0 saturated carbocycles. The molecule has 2 N–H and O–H groups in total. The van der Waals surface area contributed by atoms with Gasteiger partial charge in [0.05, 0.1) is 5.02 Å². The van der Waals surface area contributed by atoms with Crippen LogP contribution in [0.1, 0.15) is 35.8 Å². The summed E-state index contributed by atoms with van der Waals surface area (Å²) in [6.45, 7) is 4.19. The summed E-state index contributed by atoms with van der Waals surface area (Å²) >= 11 is 5.80. The number of hydrogen-bond donors (Lipinski definition) is 2. The Morgan fingerprint density at radius 2 is 1.95 bits per heavy atom. The minimum Gasteiger partial charge on any atom is -0.476 e. The van der Waals surface area contributed by atoms with Gasteiger partial charge in [0, 0.05) is 5.69 Å². The number of para-hydroxylation sites is 1. The molecular weight excluding hydrogens is 276 g/mol. The van der Waals surface area contributed by atoms with E-state index in [1.807, 2.05) is 24.3 Å². The summed E-state index contributed by atoms with van der Waals surface area (Å²) in [6.07, 6.45) is 0. The number of nitrogens with zero attached hydrogens (tertiary/aromatic N) is 1. The number of anilines is 2. The molecule has 0 amide bonds. The maximum absolute atomic E-state index is 11.0. The molecule has 0 aliphatic heterocycles. The summed E-state index contributed by atoms with van der Waals surface area (Å²) < 4.78 is 0. The van der Waals surface area contributed by atoms with Crippen molar-refractivity contribution >= 4 is 29.1 Å². The Balaban J connectivity index is 2.36. The summed E-state index contributed by atoms with van der Waals surface area (Å²) in [5.74, 6) is -0.333.